The first-order chi connectivity index (χ1) is 7.86. The molecular formula is C13H15NOS. The molecule has 0 amide bonds. The Kier molecular flexibility index (Phi) is 6.11. The van der Waals surface area contributed by atoms with Gasteiger partial charge in [0.15, 0.2) is 0 Å². The Morgan fingerprint density at radius 1 is 1.00 bits per heavy atom. The lowest BCUT2D eigenvalue weighted by atomic mass is 10.3. The third-order valence-corrected chi connectivity index (χ3v) is 2.49. The molecule has 0 saturated heterocycles. The van der Waals surface area contributed by atoms with Crippen molar-refractivity contribution in [3.05, 3.63) is 54.7 Å². The number of rotatable bonds is 2. The van der Waals surface area contributed by atoms with Crippen LogP contribution in [0.15, 0.2) is 59.8 Å². The van der Waals surface area contributed by atoms with Crippen molar-refractivity contribution < 1.29 is 4.74 Å². The summed E-state index contributed by atoms with van der Waals surface area (Å²) in [5.74, 6) is 0.910. The molecule has 16 heavy (non-hydrogen) atoms. The van der Waals surface area contributed by atoms with Crippen molar-refractivity contribution in [2.45, 2.75) is 5.03 Å². The first kappa shape index (κ1) is 12.6. The van der Waals surface area contributed by atoms with E-state index in [-0.39, 0.29) is 0 Å². The molecule has 0 fully saturated rings. The number of hydrogen-bond donors (Lipinski definition) is 0. The number of benzene rings is 1. The number of nitrogens with zero attached hydrogens (tertiary/aromatic N) is 1. The molecule has 0 atom stereocenters. The Morgan fingerprint density at radius 3 is 2.06 bits per heavy atom. The second-order valence-electron chi connectivity index (χ2n) is 2.89. The third kappa shape index (κ3) is 4.84. The van der Waals surface area contributed by atoms with Crippen LogP contribution in [0, 0.1) is 0 Å². The molecule has 0 N–H and O–H groups in total. The van der Waals surface area contributed by atoms with Crippen LogP contribution in [-0.2, 0) is 0 Å². The van der Waals surface area contributed by atoms with Crippen LogP contribution >= 0.6 is 11.8 Å². The summed E-state index contributed by atoms with van der Waals surface area (Å²) < 4.78 is 4.91. The van der Waals surface area contributed by atoms with Gasteiger partial charge in [-0.1, -0.05) is 24.3 Å². The van der Waals surface area contributed by atoms with Gasteiger partial charge in [-0.25, -0.2) is 4.98 Å². The molecule has 0 aliphatic rings. The van der Waals surface area contributed by atoms with Crippen molar-refractivity contribution in [3.63, 3.8) is 0 Å². The van der Waals surface area contributed by atoms with E-state index in [9.17, 15) is 0 Å². The van der Waals surface area contributed by atoms with Crippen LogP contribution in [0.3, 0.4) is 0 Å². The van der Waals surface area contributed by atoms with E-state index in [1.54, 1.807) is 25.1 Å². The lowest BCUT2D eigenvalue weighted by Gasteiger charge is -1.93. The molecule has 1 heterocycles. The highest BCUT2D eigenvalue weighted by Gasteiger charge is 1.82. The zero-order chi connectivity index (χ0) is 11.6. The molecule has 2 aromatic rings. The van der Waals surface area contributed by atoms with Gasteiger partial charge in [-0.15, -0.1) is 11.8 Å². The van der Waals surface area contributed by atoms with Crippen molar-refractivity contribution in [1.82, 2.24) is 4.98 Å². The summed E-state index contributed by atoms with van der Waals surface area (Å²) in [6.07, 6.45) is 3.81. The van der Waals surface area contributed by atoms with E-state index < -0.39 is 0 Å². The standard InChI is InChI=1S/C7H8O.C6H7NS/c1-8-7-5-3-2-4-6-7;1-8-6-4-2-3-5-7-6/h2-6H,1H3;2-5H,1H3. The third-order valence-electron chi connectivity index (χ3n) is 1.83. The molecular weight excluding hydrogens is 218 g/mol. The van der Waals surface area contributed by atoms with Crippen LogP contribution in [0.1, 0.15) is 0 Å². The van der Waals surface area contributed by atoms with Crippen molar-refractivity contribution in [2.24, 2.45) is 0 Å². The summed E-state index contributed by atoms with van der Waals surface area (Å²) in [6.45, 7) is 0. The lowest BCUT2D eigenvalue weighted by molar-refractivity contribution is 0.415. The molecule has 0 bridgehead atoms. The SMILES string of the molecule is COc1ccccc1.CSc1ccccn1. The molecule has 1 aromatic carbocycles. The van der Waals surface area contributed by atoms with Gasteiger partial charge in [0.2, 0.25) is 0 Å². The molecule has 0 saturated carbocycles. The van der Waals surface area contributed by atoms with E-state index in [1.807, 2.05) is 54.8 Å². The highest BCUT2D eigenvalue weighted by molar-refractivity contribution is 7.98. The minimum atomic E-state index is 0.910. The summed E-state index contributed by atoms with van der Waals surface area (Å²) in [5, 5.41) is 1.08. The van der Waals surface area contributed by atoms with Gasteiger partial charge in [-0.3, -0.25) is 0 Å². The highest BCUT2D eigenvalue weighted by atomic mass is 32.2. The number of methoxy groups -OCH3 is 1. The minimum absolute atomic E-state index is 0.910. The van der Waals surface area contributed by atoms with E-state index in [2.05, 4.69) is 4.98 Å². The molecule has 84 valence electrons. The molecule has 0 spiro atoms. The fraction of sp³-hybridized carbons (Fsp3) is 0.154. The quantitative estimate of drug-likeness (QED) is 0.741. The van der Waals surface area contributed by atoms with Gasteiger partial charge in [0.1, 0.15) is 5.75 Å². The number of ether oxygens (including phenoxy) is 1. The fourth-order valence-electron chi connectivity index (χ4n) is 1.02. The average molecular weight is 233 g/mol. The van der Waals surface area contributed by atoms with Gasteiger partial charge >= 0.3 is 0 Å². The van der Waals surface area contributed by atoms with Gasteiger partial charge in [0.25, 0.3) is 0 Å². The second kappa shape index (κ2) is 7.77. The van der Waals surface area contributed by atoms with Gasteiger partial charge in [0, 0.05) is 6.20 Å². The van der Waals surface area contributed by atoms with E-state index in [1.165, 1.54) is 0 Å². The topological polar surface area (TPSA) is 22.1 Å². The molecule has 0 unspecified atom stereocenters. The summed E-state index contributed by atoms with van der Waals surface area (Å²) >= 11 is 1.66. The summed E-state index contributed by atoms with van der Waals surface area (Å²) in [4.78, 5) is 4.06. The Hall–Kier alpha value is -1.48. The van der Waals surface area contributed by atoms with Crippen LogP contribution < -0.4 is 4.74 Å². The van der Waals surface area contributed by atoms with Crippen molar-refractivity contribution in [3.8, 4) is 5.75 Å². The first-order valence-corrected chi connectivity index (χ1v) is 6.13. The van der Waals surface area contributed by atoms with Crippen LogP contribution in [0.4, 0.5) is 0 Å². The molecule has 0 aliphatic carbocycles. The normalized spacial score (nSPS) is 8.88. The Labute approximate surface area is 101 Å². The average Bonchev–Trinajstić information content (AvgIpc) is 2.41. The maximum atomic E-state index is 4.91. The fourth-order valence-corrected chi connectivity index (χ4v) is 1.41. The highest BCUT2D eigenvalue weighted by Crippen LogP contribution is 2.07. The number of thioether (sulfide) groups is 1. The van der Waals surface area contributed by atoms with E-state index >= 15 is 0 Å². The zero-order valence-corrected chi connectivity index (χ0v) is 10.3. The molecule has 1 aromatic heterocycles. The maximum absolute atomic E-state index is 4.91. The van der Waals surface area contributed by atoms with Crippen molar-refractivity contribution in [1.29, 1.82) is 0 Å². The van der Waals surface area contributed by atoms with E-state index in [0.717, 1.165) is 10.8 Å². The molecule has 0 aliphatic heterocycles. The number of para-hydroxylation sites is 1. The predicted octanol–water partition coefficient (Wildman–Crippen LogP) is 3.50. The van der Waals surface area contributed by atoms with Gasteiger partial charge < -0.3 is 4.74 Å². The Morgan fingerprint density at radius 2 is 1.69 bits per heavy atom. The Bertz CT molecular complexity index is 338. The largest absolute Gasteiger partial charge is 0.497 e. The number of aromatic nitrogens is 1. The van der Waals surface area contributed by atoms with E-state index in [4.69, 9.17) is 4.74 Å². The number of pyridine rings is 1. The second-order valence-corrected chi connectivity index (χ2v) is 3.72. The molecule has 2 nitrogen and oxygen atoms in total. The van der Waals surface area contributed by atoms with Crippen LogP contribution in [0.25, 0.3) is 0 Å². The summed E-state index contributed by atoms with van der Waals surface area (Å²) in [5.41, 5.74) is 0. The van der Waals surface area contributed by atoms with Gasteiger partial charge in [0.05, 0.1) is 12.1 Å². The van der Waals surface area contributed by atoms with E-state index in [0.29, 0.717) is 0 Å². The monoisotopic (exact) mass is 233 g/mol. The minimum Gasteiger partial charge on any atom is -0.497 e. The van der Waals surface area contributed by atoms with Crippen molar-refractivity contribution in [2.75, 3.05) is 13.4 Å². The maximum Gasteiger partial charge on any atom is 0.118 e. The zero-order valence-electron chi connectivity index (χ0n) is 9.46. The van der Waals surface area contributed by atoms with Crippen LogP contribution in [-0.4, -0.2) is 18.3 Å². The first-order valence-electron chi connectivity index (χ1n) is 4.91. The Balaban J connectivity index is 0.000000160. The van der Waals surface area contributed by atoms with Crippen LogP contribution in [0.5, 0.6) is 5.75 Å². The van der Waals surface area contributed by atoms with Gasteiger partial charge in [-0.2, -0.15) is 0 Å². The van der Waals surface area contributed by atoms with Crippen molar-refractivity contribution >= 4 is 11.8 Å². The molecule has 2 rings (SSSR count). The summed E-state index contributed by atoms with van der Waals surface area (Å²) in [6, 6.07) is 15.6. The van der Waals surface area contributed by atoms with Gasteiger partial charge in [-0.05, 0) is 30.5 Å². The number of hydrogen-bond acceptors (Lipinski definition) is 3. The van der Waals surface area contributed by atoms with Crippen LogP contribution in [0.2, 0.25) is 0 Å². The summed E-state index contributed by atoms with van der Waals surface area (Å²) in [7, 11) is 1.66. The predicted molar refractivity (Wildman–Crippen MR) is 69.0 cm³/mol. The smallest absolute Gasteiger partial charge is 0.118 e. The molecule has 0 radical (unpaired) electrons. The lowest BCUT2D eigenvalue weighted by Crippen LogP contribution is -1.78. The molecule has 3 heteroatoms.